The van der Waals surface area contributed by atoms with Crippen LogP contribution >= 0.6 is 0 Å². The van der Waals surface area contributed by atoms with E-state index >= 15 is 0 Å². The van der Waals surface area contributed by atoms with Crippen LogP contribution in [0.2, 0.25) is 0 Å². The third-order valence-corrected chi connectivity index (χ3v) is 4.35. The van der Waals surface area contributed by atoms with Gasteiger partial charge in [0.2, 0.25) is 5.91 Å². The van der Waals surface area contributed by atoms with E-state index in [1.807, 2.05) is 26.8 Å². The molecule has 4 heteroatoms. The molecule has 1 fully saturated rings. The lowest BCUT2D eigenvalue weighted by Crippen LogP contribution is -2.43. The second-order valence-electron chi connectivity index (χ2n) is 6.02. The number of aryl methyl sites for hydroxylation is 2. The number of hydrogen-bond acceptors (Lipinski definition) is 3. The van der Waals surface area contributed by atoms with E-state index in [4.69, 9.17) is 4.42 Å². The molecule has 2 rings (SSSR count). The molecule has 2 heterocycles. The Morgan fingerprint density at radius 3 is 2.80 bits per heavy atom. The van der Waals surface area contributed by atoms with Gasteiger partial charge in [-0.05, 0) is 46.2 Å². The van der Waals surface area contributed by atoms with Gasteiger partial charge in [0.1, 0.15) is 11.5 Å². The number of furan rings is 1. The summed E-state index contributed by atoms with van der Waals surface area (Å²) in [5.41, 5.74) is 0.851. The van der Waals surface area contributed by atoms with E-state index < -0.39 is 0 Å². The van der Waals surface area contributed by atoms with E-state index in [9.17, 15) is 4.79 Å². The van der Waals surface area contributed by atoms with Gasteiger partial charge in [-0.25, -0.2) is 0 Å². The summed E-state index contributed by atoms with van der Waals surface area (Å²) in [6.07, 6.45) is 2.91. The van der Waals surface area contributed by atoms with Crippen LogP contribution in [0, 0.1) is 19.3 Å². The average molecular weight is 278 g/mol. The molecule has 1 aromatic rings. The van der Waals surface area contributed by atoms with Gasteiger partial charge in [0, 0.05) is 12.1 Å². The Bertz CT molecular complexity index is 473. The summed E-state index contributed by atoms with van der Waals surface area (Å²) in [7, 11) is 0. The quantitative estimate of drug-likeness (QED) is 0.871. The molecule has 0 aliphatic carbocycles. The van der Waals surface area contributed by atoms with Crippen LogP contribution in [0.3, 0.4) is 0 Å². The molecular formula is C16H26N2O2. The fraction of sp³-hybridized carbons (Fsp3) is 0.688. The maximum Gasteiger partial charge on any atom is 0.228 e. The first-order chi connectivity index (χ1) is 9.48. The van der Waals surface area contributed by atoms with E-state index in [0.717, 1.165) is 49.4 Å². The molecule has 1 aliphatic heterocycles. The van der Waals surface area contributed by atoms with Gasteiger partial charge >= 0.3 is 0 Å². The van der Waals surface area contributed by atoms with Gasteiger partial charge in [-0.1, -0.05) is 13.3 Å². The summed E-state index contributed by atoms with van der Waals surface area (Å²) in [6.45, 7) is 9.78. The molecule has 2 atom stereocenters. The van der Waals surface area contributed by atoms with E-state index in [1.165, 1.54) is 0 Å². The van der Waals surface area contributed by atoms with E-state index in [0.29, 0.717) is 0 Å². The second-order valence-corrected chi connectivity index (χ2v) is 6.02. The van der Waals surface area contributed by atoms with Crippen LogP contribution < -0.4 is 10.6 Å². The molecule has 0 spiro atoms. The summed E-state index contributed by atoms with van der Waals surface area (Å²) in [4.78, 5) is 12.7. The Morgan fingerprint density at radius 1 is 1.55 bits per heavy atom. The Labute approximate surface area is 121 Å². The third kappa shape index (κ3) is 2.90. The molecular weight excluding hydrogens is 252 g/mol. The van der Waals surface area contributed by atoms with Crippen LogP contribution in [-0.2, 0) is 4.79 Å². The maximum atomic E-state index is 12.7. The molecule has 1 saturated heterocycles. The minimum Gasteiger partial charge on any atom is -0.466 e. The molecule has 112 valence electrons. The highest BCUT2D eigenvalue weighted by Gasteiger charge is 2.40. The lowest BCUT2D eigenvalue weighted by Gasteiger charge is -2.28. The van der Waals surface area contributed by atoms with Gasteiger partial charge in [0.25, 0.3) is 0 Å². The Morgan fingerprint density at radius 2 is 2.30 bits per heavy atom. The average Bonchev–Trinajstić information content (AvgIpc) is 2.97. The SMILES string of the molecule is CCCC1(C(=O)NC(C)c2cc(C)oc2C)CCNC1. The minimum absolute atomic E-state index is 0.00530. The van der Waals surface area contributed by atoms with Gasteiger partial charge < -0.3 is 15.1 Å². The van der Waals surface area contributed by atoms with Crippen LogP contribution in [0.25, 0.3) is 0 Å². The summed E-state index contributed by atoms with van der Waals surface area (Å²) < 4.78 is 5.55. The fourth-order valence-electron chi connectivity index (χ4n) is 3.25. The highest BCUT2D eigenvalue weighted by Crippen LogP contribution is 2.32. The van der Waals surface area contributed by atoms with Gasteiger partial charge in [0.15, 0.2) is 0 Å². The van der Waals surface area contributed by atoms with Crippen molar-refractivity contribution in [3.05, 3.63) is 23.2 Å². The van der Waals surface area contributed by atoms with Crippen molar-refractivity contribution in [1.29, 1.82) is 0 Å². The molecule has 2 unspecified atom stereocenters. The zero-order valence-corrected chi connectivity index (χ0v) is 13.0. The van der Waals surface area contributed by atoms with Gasteiger partial charge in [-0.2, -0.15) is 0 Å². The minimum atomic E-state index is -0.226. The number of carbonyl (C=O) groups excluding carboxylic acids is 1. The highest BCUT2D eigenvalue weighted by atomic mass is 16.3. The lowest BCUT2D eigenvalue weighted by atomic mass is 9.81. The van der Waals surface area contributed by atoms with E-state index in [-0.39, 0.29) is 17.4 Å². The summed E-state index contributed by atoms with van der Waals surface area (Å²) in [5.74, 6) is 1.96. The first-order valence-corrected chi connectivity index (χ1v) is 7.57. The molecule has 0 radical (unpaired) electrons. The standard InChI is InChI=1S/C16H26N2O2/c1-5-6-16(7-8-17-10-16)15(19)18-12(3)14-9-11(2)20-13(14)4/h9,12,17H,5-8,10H2,1-4H3,(H,18,19). The topological polar surface area (TPSA) is 54.3 Å². The van der Waals surface area contributed by atoms with Gasteiger partial charge in [-0.15, -0.1) is 0 Å². The second kappa shape index (κ2) is 6.00. The third-order valence-electron chi connectivity index (χ3n) is 4.35. The maximum absolute atomic E-state index is 12.7. The van der Waals surface area contributed by atoms with Crippen LogP contribution in [0.5, 0.6) is 0 Å². The largest absolute Gasteiger partial charge is 0.466 e. The van der Waals surface area contributed by atoms with E-state index in [2.05, 4.69) is 17.6 Å². The Balaban J connectivity index is 2.08. The van der Waals surface area contributed by atoms with Crippen LogP contribution in [0.1, 0.15) is 56.2 Å². The zero-order valence-electron chi connectivity index (χ0n) is 13.0. The molecule has 1 aromatic heterocycles. The number of amides is 1. The zero-order chi connectivity index (χ0) is 14.8. The van der Waals surface area contributed by atoms with Crippen molar-refractivity contribution in [3.8, 4) is 0 Å². The summed E-state index contributed by atoms with van der Waals surface area (Å²) in [6, 6.07) is 2.01. The van der Waals surface area contributed by atoms with Crippen molar-refractivity contribution in [3.63, 3.8) is 0 Å². The van der Waals surface area contributed by atoms with Gasteiger partial charge in [-0.3, -0.25) is 4.79 Å². The molecule has 20 heavy (non-hydrogen) atoms. The van der Waals surface area contributed by atoms with Crippen molar-refractivity contribution in [2.24, 2.45) is 5.41 Å². The first-order valence-electron chi connectivity index (χ1n) is 7.57. The fourth-order valence-corrected chi connectivity index (χ4v) is 3.25. The molecule has 0 saturated carbocycles. The van der Waals surface area contributed by atoms with Crippen molar-refractivity contribution in [2.75, 3.05) is 13.1 Å². The molecule has 1 amide bonds. The van der Waals surface area contributed by atoms with Gasteiger partial charge in [0.05, 0.1) is 11.5 Å². The smallest absolute Gasteiger partial charge is 0.228 e. The lowest BCUT2D eigenvalue weighted by molar-refractivity contribution is -0.131. The molecule has 1 aliphatic rings. The number of hydrogen-bond donors (Lipinski definition) is 2. The van der Waals surface area contributed by atoms with Crippen molar-refractivity contribution < 1.29 is 9.21 Å². The van der Waals surface area contributed by atoms with Crippen molar-refractivity contribution in [2.45, 2.75) is 53.0 Å². The molecule has 4 nitrogen and oxygen atoms in total. The number of rotatable bonds is 5. The van der Waals surface area contributed by atoms with Crippen molar-refractivity contribution in [1.82, 2.24) is 10.6 Å². The molecule has 0 bridgehead atoms. The summed E-state index contributed by atoms with van der Waals surface area (Å²) >= 11 is 0. The molecule has 0 aromatic carbocycles. The van der Waals surface area contributed by atoms with E-state index in [1.54, 1.807) is 0 Å². The Kier molecular flexibility index (Phi) is 4.53. The molecule has 2 N–H and O–H groups in total. The monoisotopic (exact) mass is 278 g/mol. The predicted molar refractivity (Wildman–Crippen MR) is 79.6 cm³/mol. The summed E-state index contributed by atoms with van der Waals surface area (Å²) in [5, 5.41) is 6.51. The van der Waals surface area contributed by atoms with Crippen molar-refractivity contribution >= 4 is 5.91 Å². The first kappa shape index (κ1) is 15.1. The van der Waals surface area contributed by atoms with Crippen LogP contribution in [0.15, 0.2) is 10.5 Å². The number of carbonyl (C=O) groups is 1. The normalized spacial score (nSPS) is 23.8. The van der Waals surface area contributed by atoms with Crippen LogP contribution in [0.4, 0.5) is 0 Å². The van der Waals surface area contributed by atoms with Crippen LogP contribution in [-0.4, -0.2) is 19.0 Å². The predicted octanol–water partition coefficient (Wildman–Crippen LogP) is 2.85. The number of nitrogens with one attached hydrogen (secondary N) is 2. The highest BCUT2D eigenvalue weighted by molar-refractivity contribution is 5.83. The Hall–Kier alpha value is -1.29.